The van der Waals surface area contributed by atoms with Gasteiger partial charge in [-0.05, 0) is 26.9 Å². The van der Waals surface area contributed by atoms with Gasteiger partial charge in [-0.15, -0.1) is 0 Å². The average molecular weight is 317 g/mol. The van der Waals surface area contributed by atoms with Gasteiger partial charge in [0.25, 0.3) is 0 Å². The summed E-state index contributed by atoms with van der Waals surface area (Å²) in [5, 5.41) is 9.03. The van der Waals surface area contributed by atoms with Gasteiger partial charge in [-0.3, -0.25) is 0 Å². The molecule has 8 heteroatoms. The summed E-state index contributed by atoms with van der Waals surface area (Å²) in [7, 11) is -3.72. The molecule has 0 radical (unpaired) electrons. The number of aromatic carboxylic acids is 1. The van der Waals surface area contributed by atoms with Crippen molar-refractivity contribution in [2.75, 3.05) is 26.2 Å². The Bertz CT molecular complexity index is 603. The van der Waals surface area contributed by atoms with Crippen molar-refractivity contribution in [1.29, 1.82) is 0 Å². The zero-order valence-corrected chi connectivity index (χ0v) is 13.7. The van der Waals surface area contributed by atoms with Crippen molar-refractivity contribution < 1.29 is 18.3 Å². The average Bonchev–Trinajstić information content (AvgIpc) is 2.70. The lowest BCUT2D eigenvalue weighted by Crippen LogP contribution is -2.35. The summed E-state index contributed by atoms with van der Waals surface area (Å²) >= 11 is 0. The second-order valence-corrected chi connectivity index (χ2v) is 6.51. The number of H-pyrrole nitrogens is 1. The third-order valence-electron chi connectivity index (χ3n) is 3.47. The second kappa shape index (κ2) is 7.06. The zero-order valence-electron chi connectivity index (χ0n) is 12.9. The molecule has 0 aromatic carbocycles. The summed E-state index contributed by atoms with van der Waals surface area (Å²) in [5.74, 6) is -1.17. The number of nitrogens with zero attached hydrogens (tertiary/aromatic N) is 1. The highest BCUT2D eigenvalue weighted by Crippen LogP contribution is 2.22. The van der Waals surface area contributed by atoms with E-state index in [1.807, 2.05) is 13.8 Å². The van der Waals surface area contributed by atoms with E-state index in [1.54, 1.807) is 6.92 Å². The van der Waals surface area contributed by atoms with E-state index < -0.39 is 16.0 Å². The number of carboxylic acid groups (broad SMARTS) is 1. The molecule has 21 heavy (non-hydrogen) atoms. The van der Waals surface area contributed by atoms with E-state index in [0.717, 1.165) is 13.1 Å². The van der Waals surface area contributed by atoms with E-state index in [-0.39, 0.29) is 22.7 Å². The number of rotatable bonds is 8. The normalized spacial score (nSPS) is 12.0. The van der Waals surface area contributed by atoms with Crippen LogP contribution < -0.4 is 4.72 Å². The molecule has 0 saturated heterocycles. The number of aromatic nitrogens is 1. The molecule has 7 nitrogen and oxygen atoms in total. The Morgan fingerprint density at radius 2 is 1.86 bits per heavy atom. The molecule has 0 amide bonds. The first-order valence-electron chi connectivity index (χ1n) is 6.89. The smallest absolute Gasteiger partial charge is 0.352 e. The second-order valence-electron chi connectivity index (χ2n) is 4.81. The van der Waals surface area contributed by atoms with Crippen LogP contribution in [0.25, 0.3) is 0 Å². The van der Waals surface area contributed by atoms with E-state index in [4.69, 9.17) is 5.11 Å². The van der Waals surface area contributed by atoms with E-state index >= 15 is 0 Å². The third-order valence-corrected chi connectivity index (χ3v) is 5.20. The van der Waals surface area contributed by atoms with E-state index in [2.05, 4.69) is 14.6 Å². The highest BCUT2D eigenvalue weighted by atomic mass is 32.2. The van der Waals surface area contributed by atoms with Crippen LogP contribution in [0.4, 0.5) is 0 Å². The van der Waals surface area contributed by atoms with Gasteiger partial charge in [0.1, 0.15) is 10.6 Å². The molecule has 120 valence electrons. The molecule has 0 aliphatic heterocycles. The highest BCUT2D eigenvalue weighted by molar-refractivity contribution is 7.89. The first-order valence-corrected chi connectivity index (χ1v) is 8.37. The molecule has 3 N–H and O–H groups in total. The van der Waals surface area contributed by atoms with Crippen LogP contribution in [0.5, 0.6) is 0 Å². The molecule has 0 spiro atoms. The Hall–Kier alpha value is -1.38. The van der Waals surface area contributed by atoms with Gasteiger partial charge in [-0.2, -0.15) is 0 Å². The number of likely N-dealkylation sites (N-methyl/N-ethyl adjacent to an activating group) is 1. The van der Waals surface area contributed by atoms with Gasteiger partial charge < -0.3 is 15.0 Å². The number of hydrogen-bond donors (Lipinski definition) is 3. The van der Waals surface area contributed by atoms with Crippen LogP contribution in [0, 0.1) is 13.8 Å². The van der Waals surface area contributed by atoms with Crippen molar-refractivity contribution in [2.45, 2.75) is 32.6 Å². The zero-order chi connectivity index (χ0) is 16.2. The van der Waals surface area contributed by atoms with Gasteiger partial charge in [0, 0.05) is 24.3 Å². The molecule has 1 rings (SSSR count). The van der Waals surface area contributed by atoms with Crippen LogP contribution in [-0.4, -0.2) is 55.6 Å². The van der Waals surface area contributed by atoms with Crippen molar-refractivity contribution in [2.24, 2.45) is 0 Å². The third kappa shape index (κ3) is 4.05. The van der Waals surface area contributed by atoms with Crippen LogP contribution in [-0.2, 0) is 10.0 Å². The molecular weight excluding hydrogens is 294 g/mol. The predicted molar refractivity (Wildman–Crippen MR) is 80.2 cm³/mol. The minimum atomic E-state index is -3.72. The topological polar surface area (TPSA) is 103 Å². The van der Waals surface area contributed by atoms with Gasteiger partial charge in [0.05, 0.1) is 0 Å². The first-order chi connectivity index (χ1) is 9.74. The number of hydrogen-bond acceptors (Lipinski definition) is 4. The molecule has 0 aliphatic carbocycles. The number of aryl methyl sites for hydroxylation is 1. The lowest BCUT2D eigenvalue weighted by molar-refractivity contribution is 0.0690. The van der Waals surface area contributed by atoms with Gasteiger partial charge in [0.2, 0.25) is 10.0 Å². The molecule has 0 saturated carbocycles. The molecule has 1 heterocycles. The van der Waals surface area contributed by atoms with Crippen molar-refractivity contribution in [1.82, 2.24) is 14.6 Å². The van der Waals surface area contributed by atoms with Gasteiger partial charge in [-0.1, -0.05) is 13.8 Å². The molecule has 0 bridgehead atoms. The quantitative estimate of drug-likeness (QED) is 0.662. The SMILES string of the molecule is CCN(CC)CCNS(=O)(=O)c1c(C)[nH]c(C(=O)O)c1C. The first kappa shape index (κ1) is 17.7. The lowest BCUT2D eigenvalue weighted by atomic mass is 10.2. The fourth-order valence-electron chi connectivity index (χ4n) is 2.30. The number of sulfonamides is 1. The summed E-state index contributed by atoms with van der Waals surface area (Å²) in [6.45, 7) is 9.67. The summed E-state index contributed by atoms with van der Waals surface area (Å²) in [6, 6.07) is 0. The van der Waals surface area contributed by atoms with Crippen LogP contribution in [0.15, 0.2) is 4.90 Å². The summed E-state index contributed by atoms with van der Waals surface area (Å²) in [5.41, 5.74) is 0.479. The molecule has 1 aromatic rings. The van der Waals surface area contributed by atoms with Crippen LogP contribution >= 0.6 is 0 Å². The van der Waals surface area contributed by atoms with Gasteiger partial charge in [0.15, 0.2) is 0 Å². The van der Waals surface area contributed by atoms with Gasteiger partial charge >= 0.3 is 5.97 Å². The standard InChI is InChI=1S/C13H23N3O4S/c1-5-16(6-2)8-7-14-21(19,20)12-9(3)11(13(17)18)15-10(12)4/h14-15H,5-8H2,1-4H3,(H,17,18). The molecule has 0 atom stereocenters. The van der Waals surface area contributed by atoms with Crippen LogP contribution in [0.2, 0.25) is 0 Å². The Kier molecular flexibility index (Phi) is 5.94. The minimum Gasteiger partial charge on any atom is -0.477 e. The van der Waals surface area contributed by atoms with Crippen molar-refractivity contribution >= 4 is 16.0 Å². The summed E-state index contributed by atoms with van der Waals surface area (Å²) < 4.78 is 27.2. The van der Waals surface area contributed by atoms with Crippen molar-refractivity contribution in [3.05, 3.63) is 17.0 Å². The summed E-state index contributed by atoms with van der Waals surface area (Å²) in [6.07, 6.45) is 0. The minimum absolute atomic E-state index is 0.0273. The number of aromatic amines is 1. The highest BCUT2D eigenvalue weighted by Gasteiger charge is 2.26. The van der Waals surface area contributed by atoms with Gasteiger partial charge in [-0.25, -0.2) is 17.9 Å². The molecule has 0 aliphatic rings. The van der Waals surface area contributed by atoms with E-state index in [9.17, 15) is 13.2 Å². The maximum absolute atomic E-state index is 12.3. The fraction of sp³-hybridized carbons (Fsp3) is 0.615. The van der Waals surface area contributed by atoms with Crippen molar-refractivity contribution in [3.63, 3.8) is 0 Å². The largest absolute Gasteiger partial charge is 0.477 e. The monoisotopic (exact) mass is 317 g/mol. The predicted octanol–water partition coefficient (Wildman–Crippen LogP) is 0.950. The number of nitrogens with one attached hydrogen (secondary N) is 2. The lowest BCUT2D eigenvalue weighted by Gasteiger charge is -2.18. The Morgan fingerprint density at radius 1 is 1.29 bits per heavy atom. The summed E-state index contributed by atoms with van der Waals surface area (Å²) in [4.78, 5) is 15.8. The van der Waals surface area contributed by atoms with E-state index in [0.29, 0.717) is 12.2 Å². The maximum atomic E-state index is 12.3. The van der Waals surface area contributed by atoms with E-state index in [1.165, 1.54) is 6.92 Å². The Balaban J connectivity index is 2.91. The van der Waals surface area contributed by atoms with Crippen molar-refractivity contribution in [3.8, 4) is 0 Å². The number of carboxylic acids is 1. The molecule has 0 fully saturated rings. The molecular formula is C13H23N3O4S. The maximum Gasteiger partial charge on any atom is 0.352 e. The molecule has 0 unspecified atom stereocenters. The Labute approximate surface area is 125 Å². The van der Waals surface area contributed by atoms with Crippen LogP contribution in [0.1, 0.15) is 35.6 Å². The van der Waals surface area contributed by atoms with Crippen LogP contribution in [0.3, 0.4) is 0 Å². The fourth-order valence-corrected chi connectivity index (χ4v) is 3.76. The Morgan fingerprint density at radius 3 is 2.29 bits per heavy atom. The number of carbonyl (C=O) groups is 1. The molecule has 1 aromatic heterocycles.